The number of amides is 2. The summed E-state index contributed by atoms with van der Waals surface area (Å²) in [4.78, 5) is 17.2. The molecule has 0 fully saturated rings. The van der Waals surface area contributed by atoms with E-state index in [0.29, 0.717) is 25.6 Å². The second-order valence-corrected chi connectivity index (χ2v) is 5.84. The molecule has 2 rings (SSSR count). The van der Waals surface area contributed by atoms with Crippen LogP contribution in [0.4, 0.5) is 4.79 Å². The van der Waals surface area contributed by atoms with Crippen LogP contribution in [0, 0.1) is 0 Å². The van der Waals surface area contributed by atoms with Gasteiger partial charge in [0.25, 0.3) is 0 Å². The molecule has 0 bridgehead atoms. The van der Waals surface area contributed by atoms with Gasteiger partial charge in [0.2, 0.25) is 5.88 Å². The molecule has 2 aromatic rings. The molecule has 0 saturated carbocycles. The summed E-state index contributed by atoms with van der Waals surface area (Å²) >= 11 is 1.71. The molecular weight excluding hydrogens is 310 g/mol. The fourth-order valence-corrected chi connectivity index (χ4v) is 2.70. The van der Waals surface area contributed by atoms with Crippen LogP contribution < -0.4 is 15.4 Å². The predicted octanol–water partition coefficient (Wildman–Crippen LogP) is 3.07. The minimum Gasteiger partial charge on any atom is -0.478 e. The summed E-state index contributed by atoms with van der Waals surface area (Å²) in [6.07, 6.45) is 1.68. The van der Waals surface area contributed by atoms with E-state index in [2.05, 4.69) is 27.8 Å². The van der Waals surface area contributed by atoms with Gasteiger partial charge in [-0.05, 0) is 25.1 Å². The summed E-state index contributed by atoms with van der Waals surface area (Å²) in [6, 6.07) is 13.6. The lowest BCUT2D eigenvalue weighted by Crippen LogP contribution is -2.36. The Kier molecular flexibility index (Phi) is 7.26. The number of pyridine rings is 1. The van der Waals surface area contributed by atoms with Crippen LogP contribution in [0.2, 0.25) is 0 Å². The highest BCUT2D eigenvalue weighted by atomic mass is 32.2. The van der Waals surface area contributed by atoms with Crippen LogP contribution in [0.25, 0.3) is 0 Å². The summed E-state index contributed by atoms with van der Waals surface area (Å²) in [7, 11) is 0. The van der Waals surface area contributed by atoms with E-state index in [1.807, 2.05) is 37.3 Å². The van der Waals surface area contributed by atoms with Gasteiger partial charge >= 0.3 is 6.03 Å². The SMILES string of the molecule is CCOc1ncccc1CNC(=O)NCCSc1ccccc1. The second kappa shape index (κ2) is 9.74. The van der Waals surface area contributed by atoms with Gasteiger partial charge in [0.15, 0.2) is 0 Å². The van der Waals surface area contributed by atoms with Crippen molar-refractivity contribution < 1.29 is 9.53 Å². The lowest BCUT2D eigenvalue weighted by molar-refractivity contribution is 0.241. The molecule has 1 aromatic carbocycles. The second-order valence-electron chi connectivity index (χ2n) is 4.67. The number of nitrogens with zero attached hydrogens (tertiary/aromatic N) is 1. The molecule has 1 aromatic heterocycles. The van der Waals surface area contributed by atoms with Gasteiger partial charge in [-0.25, -0.2) is 9.78 Å². The average molecular weight is 331 g/mol. The number of carbonyl (C=O) groups excluding carboxylic acids is 1. The number of hydrogen-bond donors (Lipinski definition) is 2. The van der Waals surface area contributed by atoms with E-state index in [4.69, 9.17) is 4.74 Å². The summed E-state index contributed by atoms with van der Waals surface area (Å²) in [5.41, 5.74) is 0.864. The maximum absolute atomic E-state index is 11.8. The van der Waals surface area contributed by atoms with Gasteiger partial charge in [-0.2, -0.15) is 0 Å². The number of urea groups is 1. The van der Waals surface area contributed by atoms with Crippen molar-refractivity contribution >= 4 is 17.8 Å². The van der Waals surface area contributed by atoms with Gasteiger partial charge in [-0.15, -0.1) is 11.8 Å². The predicted molar refractivity (Wildman–Crippen MR) is 92.8 cm³/mol. The lowest BCUT2D eigenvalue weighted by Gasteiger charge is -2.10. The van der Waals surface area contributed by atoms with E-state index in [1.54, 1.807) is 18.0 Å². The molecule has 6 heteroatoms. The van der Waals surface area contributed by atoms with E-state index < -0.39 is 0 Å². The molecule has 2 amide bonds. The van der Waals surface area contributed by atoms with E-state index in [1.165, 1.54) is 4.90 Å². The topological polar surface area (TPSA) is 63.2 Å². The molecule has 0 spiro atoms. The van der Waals surface area contributed by atoms with E-state index in [9.17, 15) is 4.79 Å². The fraction of sp³-hybridized carbons (Fsp3) is 0.294. The fourth-order valence-electron chi connectivity index (χ4n) is 1.91. The highest BCUT2D eigenvalue weighted by Crippen LogP contribution is 2.16. The Morgan fingerprint density at radius 3 is 2.78 bits per heavy atom. The van der Waals surface area contributed by atoms with Crippen LogP contribution in [0.5, 0.6) is 5.88 Å². The first-order chi connectivity index (χ1) is 11.3. The van der Waals surface area contributed by atoms with Crippen molar-refractivity contribution in [3.63, 3.8) is 0 Å². The van der Waals surface area contributed by atoms with Crippen molar-refractivity contribution in [2.24, 2.45) is 0 Å². The van der Waals surface area contributed by atoms with E-state index >= 15 is 0 Å². The Bertz CT molecular complexity index is 608. The third-order valence-electron chi connectivity index (χ3n) is 2.97. The molecule has 0 aliphatic rings. The average Bonchev–Trinajstić information content (AvgIpc) is 2.59. The molecule has 23 heavy (non-hydrogen) atoms. The van der Waals surface area contributed by atoms with Crippen LogP contribution in [0.15, 0.2) is 53.6 Å². The van der Waals surface area contributed by atoms with Gasteiger partial charge in [0.05, 0.1) is 6.61 Å². The largest absolute Gasteiger partial charge is 0.478 e. The first kappa shape index (κ1) is 17.1. The Morgan fingerprint density at radius 2 is 2.00 bits per heavy atom. The number of carbonyl (C=O) groups is 1. The van der Waals surface area contributed by atoms with Crippen molar-refractivity contribution in [1.82, 2.24) is 15.6 Å². The molecule has 0 radical (unpaired) electrons. The van der Waals surface area contributed by atoms with Gasteiger partial charge in [0.1, 0.15) is 0 Å². The van der Waals surface area contributed by atoms with Gasteiger partial charge in [-0.1, -0.05) is 24.3 Å². The number of rotatable bonds is 8. The first-order valence-corrected chi connectivity index (χ1v) is 8.54. The molecule has 0 aliphatic carbocycles. The zero-order valence-electron chi connectivity index (χ0n) is 13.1. The van der Waals surface area contributed by atoms with E-state index in [0.717, 1.165) is 11.3 Å². The number of aromatic nitrogens is 1. The van der Waals surface area contributed by atoms with Crippen LogP contribution >= 0.6 is 11.8 Å². The van der Waals surface area contributed by atoms with Gasteiger partial charge in [-0.3, -0.25) is 0 Å². The Morgan fingerprint density at radius 1 is 1.17 bits per heavy atom. The Hall–Kier alpha value is -2.21. The summed E-state index contributed by atoms with van der Waals surface area (Å²) in [6.45, 7) is 3.45. The van der Waals surface area contributed by atoms with Crippen molar-refractivity contribution in [2.75, 3.05) is 18.9 Å². The molecule has 1 heterocycles. The number of nitrogens with one attached hydrogen (secondary N) is 2. The molecular formula is C17H21N3O2S. The zero-order valence-corrected chi connectivity index (χ0v) is 13.9. The lowest BCUT2D eigenvalue weighted by atomic mass is 10.2. The van der Waals surface area contributed by atoms with Crippen molar-refractivity contribution in [2.45, 2.75) is 18.4 Å². The maximum atomic E-state index is 11.8. The number of thioether (sulfide) groups is 1. The monoisotopic (exact) mass is 331 g/mol. The minimum absolute atomic E-state index is 0.190. The summed E-state index contributed by atoms with van der Waals surface area (Å²) < 4.78 is 5.43. The van der Waals surface area contributed by atoms with Crippen molar-refractivity contribution in [3.05, 3.63) is 54.2 Å². The maximum Gasteiger partial charge on any atom is 0.315 e. The van der Waals surface area contributed by atoms with Crippen LogP contribution in [0.3, 0.4) is 0 Å². The Labute approximate surface area is 140 Å². The van der Waals surface area contributed by atoms with Gasteiger partial charge < -0.3 is 15.4 Å². The highest BCUT2D eigenvalue weighted by Gasteiger charge is 2.06. The smallest absolute Gasteiger partial charge is 0.315 e. The highest BCUT2D eigenvalue weighted by molar-refractivity contribution is 7.99. The molecule has 0 atom stereocenters. The molecule has 0 saturated heterocycles. The Balaban J connectivity index is 1.67. The van der Waals surface area contributed by atoms with E-state index in [-0.39, 0.29) is 6.03 Å². The third-order valence-corrected chi connectivity index (χ3v) is 3.98. The molecule has 5 nitrogen and oxygen atoms in total. The van der Waals surface area contributed by atoms with Gasteiger partial charge in [0, 0.05) is 35.5 Å². The first-order valence-electron chi connectivity index (χ1n) is 7.56. The molecule has 122 valence electrons. The van der Waals surface area contributed by atoms with Crippen LogP contribution in [-0.2, 0) is 6.54 Å². The standard InChI is InChI=1S/C17H21N3O2S/c1-2-22-16-14(7-6-10-18-16)13-20-17(21)19-11-12-23-15-8-4-3-5-9-15/h3-10H,2,11-13H2,1H3,(H2,19,20,21). The summed E-state index contributed by atoms with van der Waals surface area (Å²) in [5.74, 6) is 1.39. The number of hydrogen-bond acceptors (Lipinski definition) is 4. The quantitative estimate of drug-likeness (QED) is 0.576. The molecule has 0 aliphatic heterocycles. The zero-order chi connectivity index (χ0) is 16.3. The minimum atomic E-state index is -0.190. The van der Waals surface area contributed by atoms with Crippen molar-refractivity contribution in [1.29, 1.82) is 0 Å². The van der Waals surface area contributed by atoms with Crippen LogP contribution in [-0.4, -0.2) is 29.9 Å². The van der Waals surface area contributed by atoms with Crippen LogP contribution in [0.1, 0.15) is 12.5 Å². The molecule has 2 N–H and O–H groups in total. The number of ether oxygens (including phenoxy) is 1. The number of benzene rings is 1. The normalized spacial score (nSPS) is 10.1. The third kappa shape index (κ3) is 6.20. The summed E-state index contributed by atoms with van der Waals surface area (Å²) in [5, 5.41) is 5.66. The van der Waals surface area contributed by atoms with Crippen molar-refractivity contribution in [3.8, 4) is 5.88 Å². The molecule has 0 unspecified atom stereocenters.